The van der Waals surface area contributed by atoms with Crippen molar-refractivity contribution < 1.29 is 9.50 Å². The van der Waals surface area contributed by atoms with Crippen molar-refractivity contribution in [1.29, 1.82) is 0 Å². The molecule has 0 spiro atoms. The van der Waals surface area contributed by atoms with Crippen molar-refractivity contribution in [3.05, 3.63) is 56.7 Å². The lowest BCUT2D eigenvalue weighted by molar-refractivity contribution is 0.471. The summed E-state index contributed by atoms with van der Waals surface area (Å²) in [6.45, 7) is 0.484. The van der Waals surface area contributed by atoms with Crippen LogP contribution in [-0.4, -0.2) is 5.11 Å². The number of halogens is 3. The topological polar surface area (TPSA) is 32.3 Å². The van der Waals surface area contributed by atoms with Crippen LogP contribution < -0.4 is 5.32 Å². The van der Waals surface area contributed by atoms with Crippen molar-refractivity contribution in [3.63, 3.8) is 0 Å². The summed E-state index contributed by atoms with van der Waals surface area (Å²) >= 11 is 6.45. The Morgan fingerprint density at radius 1 is 1.11 bits per heavy atom. The molecule has 2 nitrogen and oxygen atoms in total. The fraction of sp³-hybridized carbons (Fsp3) is 0.0769. The summed E-state index contributed by atoms with van der Waals surface area (Å²) in [5, 5.41) is 12.4. The highest BCUT2D eigenvalue weighted by Crippen LogP contribution is 2.25. The Labute approximate surface area is 121 Å². The summed E-state index contributed by atoms with van der Waals surface area (Å²) in [7, 11) is 0. The molecule has 0 unspecified atom stereocenters. The molecule has 2 rings (SSSR count). The van der Waals surface area contributed by atoms with E-state index in [0.29, 0.717) is 21.2 Å². The zero-order valence-corrected chi connectivity index (χ0v) is 12.4. The maximum absolute atomic E-state index is 13.6. The van der Waals surface area contributed by atoms with E-state index in [1.54, 1.807) is 30.3 Å². The molecule has 0 aliphatic carbocycles. The van der Waals surface area contributed by atoms with Crippen molar-refractivity contribution >= 4 is 37.5 Å². The standard InChI is InChI=1S/C13H10Br2FNO/c14-9-2-3-12(11(16)6-9)17-7-8-1-4-13(18)10(15)5-8/h1-6,17-18H,7H2. The first kappa shape index (κ1) is 13.4. The van der Waals surface area contributed by atoms with Gasteiger partial charge < -0.3 is 10.4 Å². The van der Waals surface area contributed by atoms with Crippen LogP contribution in [0.25, 0.3) is 0 Å². The van der Waals surface area contributed by atoms with Crippen LogP contribution in [0.15, 0.2) is 45.3 Å². The molecule has 2 aromatic rings. The SMILES string of the molecule is Oc1ccc(CNc2ccc(Br)cc2F)cc1Br. The lowest BCUT2D eigenvalue weighted by Crippen LogP contribution is -2.01. The summed E-state index contributed by atoms with van der Waals surface area (Å²) in [5.74, 6) is -0.115. The molecule has 0 aromatic heterocycles. The van der Waals surface area contributed by atoms with Crippen molar-refractivity contribution in [3.8, 4) is 5.75 Å². The monoisotopic (exact) mass is 373 g/mol. The van der Waals surface area contributed by atoms with Crippen LogP contribution in [0.4, 0.5) is 10.1 Å². The lowest BCUT2D eigenvalue weighted by atomic mass is 10.2. The summed E-state index contributed by atoms with van der Waals surface area (Å²) < 4.78 is 14.9. The van der Waals surface area contributed by atoms with Crippen molar-refractivity contribution in [2.24, 2.45) is 0 Å². The van der Waals surface area contributed by atoms with Gasteiger partial charge in [0, 0.05) is 11.0 Å². The zero-order valence-electron chi connectivity index (χ0n) is 9.25. The number of nitrogens with one attached hydrogen (secondary N) is 1. The van der Waals surface area contributed by atoms with E-state index in [0.717, 1.165) is 5.56 Å². The molecular weight excluding hydrogens is 365 g/mol. The van der Waals surface area contributed by atoms with E-state index in [1.165, 1.54) is 6.07 Å². The van der Waals surface area contributed by atoms with Gasteiger partial charge in [-0.1, -0.05) is 22.0 Å². The van der Waals surface area contributed by atoms with Gasteiger partial charge in [0.2, 0.25) is 0 Å². The number of hydrogen-bond acceptors (Lipinski definition) is 2. The minimum atomic E-state index is -0.304. The number of anilines is 1. The van der Waals surface area contributed by atoms with Gasteiger partial charge in [0.15, 0.2) is 0 Å². The first-order valence-electron chi connectivity index (χ1n) is 5.22. The van der Waals surface area contributed by atoms with Crippen LogP contribution >= 0.6 is 31.9 Å². The highest BCUT2D eigenvalue weighted by atomic mass is 79.9. The maximum atomic E-state index is 13.6. The second-order valence-electron chi connectivity index (χ2n) is 3.76. The molecule has 5 heteroatoms. The molecule has 0 saturated heterocycles. The smallest absolute Gasteiger partial charge is 0.147 e. The third-order valence-corrected chi connectivity index (χ3v) is 3.55. The molecule has 0 radical (unpaired) electrons. The molecule has 94 valence electrons. The van der Waals surface area contributed by atoms with Gasteiger partial charge in [-0.3, -0.25) is 0 Å². The quantitative estimate of drug-likeness (QED) is 0.818. The Hall–Kier alpha value is -1.07. The Morgan fingerprint density at radius 2 is 1.89 bits per heavy atom. The van der Waals surface area contributed by atoms with E-state index in [2.05, 4.69) is 37.2 Å². The zero-order chi connectivity index (χ0) is 13.1. The molecule has 0 amide bonds. The van der Waals surface area contributed by atoms with Gasteiger partial charge in [0.05, 0.1) is 10.2 Å². The molecule has 0 atom stereocenters. The van der Waals surface area contributed by atoms with Gasteiger partial charge in [-0.2, -0.15) is 0 Å². The minimum absolute atomic E-state index is 0.188. The number of hydrogen-bond donors (Lipinski definition) is 2. The molecule has 0 heterocycles. The van der Waals surface area contributed by atoms with E-state index in [-0.39, 0.29) is 11.6 Å². The first-order valence-corrected chi connectivity index (χ1v) is 6.81. The summed E-state index contributed by atoms with van der Waals surface area (Å²) in [4.78, 5) is 0. The highest BCUT2D eigenvalue weighted by Gasteiger charge is 2.03. The number of rotatable bonds is 3. The Morgan fingerprint density at radius 3 is 2.56 bits per heavy atom. The van der Waals surface area contributed by atoms with E-state index in [4.69, 9.17) is 0 Å². The minimum Gasteiger partial charge on any atom is -0.507 e. The average Bonchev–Trinajstić information content (AvgIpc) is 2.32. The summed E-state index contributed by atoms with van der Waals surface area (Å²) in [6.07, 6.45) is 0. The van der Waals surface area contributed by atoms with Crippen LogP contribution in [0.1, 0.15) is 5.56 Å². The molecular formula is C13H10Br2FNO. The van der Waals surface area contributed by atoms with E-state index >= 15 is 0 Å². The van der Waals surface area contributed by atoms with Crippen LogP contribution in [0.5, 0.6) is 5.75 Å². The van der Waals surface area contributed by atoms with Gasteiger partial charge >= 0.3 is 0 Å². The molecule has 0 bridgehead atoms. The van der Waals surface area contributed by atoms with Crippen molar-refractivity contribution in [1.82, 2.24) is 0 Å². The van der Waals surface area contributed by atoms with Crippen molar-refractivity contribution in [2.45, 2.75) is 6.54 Å². The third kappa shape index (κ3) is 3.23. The number of phenolic OH excluding ortho intramolecular Hbond substituents is 1. The third-order valence-electron chi connectivity index (χ3n) is 2.43. The molecule has 0 fully saturated rings. The van der Waals surface area contributed by atoms with Gasteiger partial charge in [0.1, 0.15) is 11.6 Å². The van der Waals surface area contributed by atoms with Gasteiger partial charge in [0.25, 0.3) is 0 Å². The Bertz CT molecular complexity index is 575. The first-order chi connectivity index (χ1) is 8.56. The normalized spacial score (nSPS) is 10.4. The maximum Gasteiger partial charge on any atom is 0.147 e. The van der Waals surface area contributed by atoms with E-state index in [9.17, 15) is 9.50 Å². The summed E-state index contributed by atoms with van der Waals surface area (Å²) in [5.41, 5.74) is 1.39. The molecule has 2 aromatic carbocycles. The Balaban J connectivity index is 2.09. The summed E-state index contributed by atoms with van der Waals surface area (Å²) in [6, 6.07) is 10.0. The van der Waals surface area contributed by atoms with Crippen LogP contribution in [0.2, 0.25) is 0 Å². The van der Waals surface area contributed by atoms with Crippen LogP contribution in [0.3, 0.4) is 0 Å². The van der Waals surface area contributed by atoms with Gasteiger partial charge in [-0.15, -0.1) is 0 Å². The molecule has 18 heavy (non-hydrogen) atoms. The predicted octanol–water partition coefficient (Wildman–Crippen LogP) is 4.67. The number of phenols is 1. The highest BCUT2D eigenvalue weighted by molar-refractivity contribution is 9.10. The van der Waals surface area contributed by atoms with Gasteiger partial charge in [-0.25, -0.2) is 4.39 Å². The molecule has 2 N–H and O–H groups in total. The Kier molecular flexibility index (Phi) is 4.24. The molecule has 0 saturated carbocycles. The number of benzene rings is 2. The molecule has 0 aliphatic heterocycles. The predicted molar refractivity (Wildman–Crippen MR) is 77.2 cm³/mol. The number of aromatic hydroxyl groups is 1. The molecule has 0 aliphatic rings. The average molecular weight is 375 g/mol. The van der Waals surface area contributed by atoms with Crippen molar-refractivity contribution in [2.75, 3.05) is 5.32 Å². The van der Waals surface area contributed by atoms with Crippen LogP contribution in [-0.2, 0) is 6.54 Å². The van der Waals surface area contributed by atoms with Gasteiger partial charge in [-0.05, 0) is 51.8 Å². The van der Waals surface area contributed by atoms with E-state index < -0.39 is 0 Å². The second-order valence-corrected chi connectivity index (χ2v) is 5.53. The fourth-order valence-corrected chi connectivity index (χ4v) is 2.25. The largest absolute Gasteiger partial charge is 0.507 e. The fourth-order valence-electron chi connectivity index (χ4n) is 1.49. The second kappa shape index (κ2) is 5.71. The van der Waals surface area contributed by atoms with Crippen LogP contribution in [0, 0.1) is 5.82 Å². The van der Waals surface area contributed by atoms with E-state index in [1.807, 2.05) is 0 Å². The lowest BCUT2D eigenvalue weighted by Gasteiger charge is -2.08.